The van der Waals surface area contributed by atoms with E-state index >= 15 is 0 Å². The molecule has 0 bridgehead atoms. The van der Waals surface area contributed by atoms with Crippen molar-refractivity contribution in [2.24, 2.45) is 0 Å². The topological polar surface area (TPSA) is 42.0 Å². The summed E-state index contributed by atoms with van der Waals surface area (Å²) in [5.41, 5.74) is -0.197. The molecule has 19 heavy (non-hydrogen) atoms. The Kier molecular flexibility index (Phi) is 4.11. The molecule has 1 heterocycles. The second-order valence-corrected chi connectivity index (χ2v) is 4.72. The van der Waals surface area contributed by atoms with E-state index in [1.165, 1.54) is 6.07 Å². The Morgan fingerprint density at radius 1 is 1.26 bits per heavy atom. The van der Waals surface area contributed by atoms with Crippen molar-refractivity contribution in [3.63, 3.8) is 0 Å². The molecule has 1 N–H and O–H groups in total. The molecule has 0 saturated carbocycles. The highest BCUT2D eigenvalue weighted by molar-refractivity contribution is 9.10. The molecule has 1 aromatic carbocycles. The number of carbonyl (C=O) groups excluding carboxylic acids is 1. The minimum absolute atomic E-state index is 0.0412. The molecule has 0 fully saturated rings. The molecule has 1 aromatic heterocycles. The summed E-state index contributed by atoms with van der Waals surface area (Å²) < 4.78 is 26.9. The normalized spacial score (nSPS) is 10.3. The third-order valence-corrected chi connectivity index (χ3v) is 2.97. The van der Waals surface area contributed by atoms with Crippen molar-refractivity contribution in [2.75, 3.05) is 5.32 Å². The molecule has 1 amide bonds. The van der Waals surface area contributed by atoms with Crippen LogP contribution in [0.4, 0.5) is 14.5 Å². The molecule has 2 aromatic rings. The maximum absolute atomic E-state index is 13.4. The van der Waals surface area contributed by atoms with Gasteiger partial charge in [-0.25, -0.2) is 13.8 Å². The minimum atomic E-state index is -0.819. The summed E-state index contributed by atoms with van der Waals surface area (Å²) in [5, 5.41) is 2.40. The van der Waals surface area contributed by atoms with Crippen molar-refractivity contribution in [2.45, 2.75) is 0 Å². The van der Waals surface area contributed by atoms with Gasteiger partial charge in [0, 0.05) is 0 Å². The molecular formula is C12H6BrClF2N2O. The highest BCUT2D eigenvalue weighted by atomic mass is 79.9. The van der Waals surface area contributed by atoms with Crippen LogP contribution in [0.15, 0.2) is 34.9 Å². The number of pyridine rings is 1. The lowest BCUT2D eigenvalue weighted by Gasteiger charge is -2.07. The number of hydrogen-bond acceptors (Lipinski definition) is 2. The van der Waals surface area contributed by atoms with Gasteiger partial charge in [0.1, 0.15) is 16.2 Å². The van der Waals surface area contributed by atoms with Crippen molar-refractivity contribution in [1.29, 1.82) is 0 Å². The first kappa shape index (κ1) is 13.9. The molecule has 0 saturated heterocycles. The van der Waals surface area contributed by atoms with E-state index in [2.05, 4.69) is 26.2 Å². The third-order valence-electron chi connectivity index (χ3n) is 2.24. The Morgan fingerprint density at radius 2 is 2.00 bits per heavy atom. The smallest absolute Gasteiger partial charge is 0.258 e. The van der Waals surface area contributed by atoms with E-state index in [-0.39, 0.29) is 10.8 Å². The van der Waals surface area contributed by atoms with Gasteiger partial charge in [-0.3, -0.25) is 4.79 Å². The molecule has 3 nitrogen and oxygen atoms in total. The zero-order valence-corrected chi connectivity index (χ0v) is 11.6. The summed E-state index contributed by atoms with van der Waals surface area (Å²) in [6, 6.07) is 5.68. The lowest BCUT2D eigenvalue weighted by atomic mass is 10.2. The zero-order valence-electron chi connectivity index (χ0n) is 9.25. The molecule has 0 atom stereocenters. The number of hydrogen-bond donors (Lipinski definition) is 1. The maximum atomic E-state index is 13.4. The molecule has 0 aliphatic rings. The predicted octanol–water partition coefficient (Wildman–Crippen LogP) is 4.03. The molecule has 0 aliphatic heterocycles. The van der Waals surface area contributed by atoms with Crippen LogP contribution in [0.3, 0.4) is 0 Å². The van der Waals surface area contributed by atoms with Gasteiger partial charge in [-0.2, -0.15) is 0 Å². The van der Waals surface area contributed by atoms with Crippen molar-refractivity contribution in [1.82, 2.24) is 4.98 Å². The summed E-state index contributed by atoms with van der Waals surface area (Å²) >= 11 is 8.92. The first-order valence-electron chi connectivity index (χ1n) is 5.06. The van der Waals surface area contributed by atoms with E-state index in [9.17, 15) is 13.6 Å². The summed E-state index contributed by atoms with van der Waals surface area (Å²) in [6.45, 7) is 0. The van der Waals surface area contributed by atoms with Crippen LogP contribution >= 0.6 is 27.5 Å². The first-order valence-corrected chi connectivity index (χ1v) is 6.23. The summed E-state index contributed by atoms with van der Waals surface area (Å²) in [7, 11) is 0. The molecular weight excluding hydrogens is 341 g/mol. The highest BCUT2D eigenvalue weighted by Gasteiger charge is 2.14. The number of rotatable bonds is 2. The summed E-state index contributed by atoms with van der Waals surface area (Å²) in [4.78, 5) is 15.7. The van der Waals surface area contributed by atoms with Crippen LogP contribution in [0.1, 0.15) is 10.4 Å². The fourth-order valence-electron chi connectivity index (χ4n) is 1.37. The SMILES string of the molecule is O=C(Nc1ccc(Br)nc1Cl)c1cc(F)ccc1F. The van der Waals surface area contributed by atoms with Crippen molar-refractivity contribution in [3.05, 3.63) is 57.3 Å². The number of carbonyl (C=O) groups is 1. The highest BCUT2D eigenvalue weighted by Crippen LogP contribution is 2.22. The fourth-order valence-corrected chi connectivity index (χ4v) is 1.98. The van der Waals surface area contributed by atoms with E-state index in [0.717, 1.165) is 18.2 Å². The van der Waals surface area contributed by atoms with Crippen LogP contribution in [0.25, 0.3) is 0 Å². The van der Waals surface area contributed by atoms with Gasteiger partial charge >= 0.3 is 0 Å². The van der Waals surface area contributed by atoms with Gasteiger partial charge < -0.3 is 5.32 Å². The molecule has 98 valence electrons. The Bertz CT molecular complexity index is 652. The number of amides is 1. The van der Waals surface area contributed by atoms with Crippen LogP contribution < -0.4 is 5.32 Å². The Labute approximate surface area is 120 Å². The number of nitrogens with zero attached hydrogens (tertiary/aromatic N) is 1. The van der Waals surface area contributed by atoms with Crippen LogP contribution in [0.2, 0.25) is 5.15 Å². The zero-order chi connectivity index (χ0) is 14.0. The minimum Gasteiger partial charge on any atom is -0.319 e. The van der Waals surface area contributed by atoms with E-state index < -0.39 is 23.1 Å². The van der Waals surface area contributed by atoms with E-state index in [1.807, 2.05) is 0 Å². The number of anilines is 1. The molecule has 0 spiro atoms. The number of nitrogens with one attached hydrogen (secondary N) is 1. The second-order valence-electron chi connectivity index (χ2n) is 3.55. The van der Waals surface area contributed by atoms with Gasteiger partial charge in [-0.05, 0) is 46.3 Å². The predicted molar refractivity (Wildman–Crippen MR) is 71.3 cm³/mol. The summed E-state index contributed by atoms with van der Waals surface area (Å²) in [6.07, 6.45) is 0. The van der Waals surface area contributed by atoms with E-state index in [1.54, 1.807) is 6.07 Å². The van der Waals surface area contributed by atoms with Crippen LogP contribution in [-0.2, 0) is 0 Å². The first-order chi connectivity index (χ1) is 8.97. The average molecular weight is 348 g/mol. The third kappa shape index (κ3) is 3.27. The van der Waals surface area contributed by atoms with Crippen molar-refractivity contribution >= 4 is 39.1 Å². The lowest BCUT2D eigenvalue weighted by Crippen LogP contribution is -2.14. The van der Waals surface area contributed by atoms with Crippen LogP contribution in [0.5, 0.6) is 0 Å². The maximum Gasteiger partial charge on any atom is 0.258 e. The molecule has 0 unspecified atom stereocenters. The van der Waals surface area contributed by atoms with Crippen LogP contribution in [0, 0.1) is 11.6 Å². The molecule has 7 heteroatoms. The van der Waals surface area contributed by atoms with Gasteiger partial charge in [0.15, 0.2) is 5.15 Å². The van der Waals surface area contributed by atoms with Gasteiger partial charge in [-0.15, -0.1) is 0 Å². The average Bonchev–Trinajstić information content (AvgIpc) is 2.35. The van der Waals surface area contributed by atoms with Crippen molar-refractivity contribution < 1.29 is 13.6 Å². The standard InChI is InChI=1S/C12H6BrClF2N2O/c13-10-4-3-9(11(14)18-10)17-12(19)7-5-6(15)1-2-8(7)16/h1-5H,(H,17,19). The van der Waals surface area contributed by atoms with Gasteiger partial charge in [0.2, 0.25) is 0 Å². The number of benzene rings is 1. The van der Waals surface area contributed by atoms with Gasteiger partial charge in [0.05, 0.1) is 11.3 Å². The molecule has 0 aliphatic carbocycles. The summed E-state index contributed by atoms with van der Waals surface area (Å²) in [5.74, 6) is -2.32. The lowest BCUT2D eigenvalue weighted by molar-refractivity contribution is 0.102. The Hall–Kier alpha value is -1.53. The van der Waals surface area contributed by atoms with Gasteiger partial charge in [0.25, 0.3) is 5.91 Å². The van der Waals surface area contributed by atoms with Gasteiger partial charge in [-0.1, -0.05) is 11.6 Å². The van der Waals surface area contributed by atoms with Crippen LogP contribution in [-0.4, -0.2) is 10.9 Å². The monoisotopic (exact) mass is 346 g/mol. The second kappa shape index (κ2) is 5.63. The quantitative estimate of drug-likeness (QED) is 0.834. The molecule has 0 radical (unpaired) electrons. The molecule has 2 rings (SSSR count). The number of halogens is 4. The van der Waals surface area contributed by atoms with E-state index in [0.29, 0.717) is 4.60 Å². The van der Waals surface area contributed by atoms with Crippen molar-refractivity contribution in [3.8, 4) is 0 Å². The van der Waals surface area contributed by atoms with E-state index in [4.69, 9.17) is 11.6 Å². The fraction of sp³-hybridized carbons (Fsp3) is 0. The Morgan fingerprint density at radius 3 is 2.68 bits per heavy atom. The number of aromatic nitrogens is 1. The largest absolute Gasteiger partial charge is 0.319 e. The Balaban J connectivity index is 2.28.